The zero-order chi connectivity index (χ0) is 19.9. The van der Waals surface area contributed by atoms with Crippen LogP contribution in [-0.2, 0) is 10.1 Å². The van der Waals surface area contributed by atoms with E-state index < -0.39 is 55.3 Å². The molecular formula is C17H7F4NO4S. The van der Waals surface area contributed by atoms with E-state index in [1.54, 1.807) is 0 Å². The Morgan fingerprint density at radius 1 is 0.963 bits per heavy atom. The van der Waals surface area contributed by atoms with Crippen molar-refractivity contribution in [1.29, 1.82) is 5.26 Å². The fourth-order valence-electron chi connectivity index (χ4n) is 2.39. The zero-order valence-electron chi connectivity index (χ0n) is 13.0. The lowest BCUT2D eigenvalue weighted by atomic mass is 10.1. The van der Waals surface area contributed by atoms with E-state index in [1.165, 1.54) is 24.3 Å². The number of hydrogen-bond acceptors (Lipinski definition) is 4. The Kier molecular flexibility index (Phi) is 4.51. The average Bonchev–Trinajstić information content (AvgIpc) is 2.63. The van der Waals surface area contributed by atoms with Crippen LogP contribution in [0.1, 0.15) is 5.56 Å². The minimum absolute atomic E-state index is 0.147. The first kappa shape index (κ1) is 18.6. The van der Waals surface area contributed by atoms with Gasteiger partial charge in [-0.2, -0.15) is 22.5 Å². The number of nitrogens with zero attached hydrogens (tertiary/aromatic N) is 1. The molecule has 10 heteroatoms. The van der Waals surface area contributed by atoms with Crippen LogP contribution in [0.2, 0.25) is 0 Å². The topological polar surface area (TPSA) is 87.4 Å². The second kappa shape index (κ2) is 6.53. The summed E-state index contributed by atoms with van der Waals surface area (Å²) in [6, 6.07) is 8.64. The summed E-state index contributed by atoms with van der Waals surface area (Å²) in [6.45, 7) is 0. The van der Waals surface area contributed by atoms with Crippen molar-refractivity contribution < 1.29 is 35.3 Å². The van der Waals surface area contributed by atoms with Gasteiger partial charge in [0.2, 0.25) is 17.4 Å². The highest BCUT2D eigenvalue weighted by molar-refractivity contribution is 7.85. The summed E-state index contributed by atoms with van der Waals surface area (Å²) < 4.78 is 92.7. The van der Waals surface area contributed by atoms with Gasteiger partial charge in [-0.15, -0.1) is 0 Å². The van der Waals surface area contributed by atoms with Gasteiger partial charge in [-0.05, 0) is 11.5 Å². The largest absolute Gasteiger partial charge is 0.450 e. The highest BCUT2D eigenvalue weighted by atomic mass is 32.2. The number of ether oxygens (including phenoxy) is 1. The molecule has 0 aromatic heterocycles. The van der Waals surface area contributed by atoms with Gasteiger partial charge in [-0.3, -0.25) is 4.55 Å². The monoisotopic (exact) mass is 397 g/mol. The maximum absolute atomic E-state index is 14.1. The summed E-state index contributed by atoms with van der Waals surface area (Å²) in [5.41, 5.74) is -1.46. The molecule has 0 unspecified atom stereocenters. The highest BCUT2D eigenvalue weighted by Crippen LogP contribution is 2.37. The molecule has 0 aliphatic carbocycles. The molecule has 0 fully saturated rings. The smallest absolute Gasteiger partial charge is 0.294 e. The maximum atomic E-state index is 14.1. The predicted octanol–water partition coefficient (Wildman–Crippen LogP) is 4.31. The molecule has 0 spiro atoms. The van der Waals surface area contributed by atoms with E-state index in [-0.39, 0.29) is 10.8 Å². The molecule has 3 aromatic carbocycles. The molecule has 0 amide bonds. The Labute approximate surface area is 149 Å². The lowest BCUT2D eigenvalue weighted by Gasteiger charge is -2.13. The quantitative estimate of drug-likeness (QED) is 0.404. The van der Waals surface area contributed by atoms with Gasteiger partial charge in [0.15, 0.2) is 11.6 Å². The Morgan fingerprint density at radius 2 is 1.56 bits per heavy atom. The van der Waals surface area contributed by atoms with Crippen LogP contribution in [0.5, 0.6) is 11.5 Å². The number of halogens is 4. The minimum Gasteiger partial charge on any atom is -0.450 e. The summed E-state index contributed by atoms with van der Waals surface area (Å²) in [4.78, 5) is -0.661. The van der Waals surface area contributed by atoms with Crippen molar-refractivity contribution in [3.05, 3.63) is 65.2 Å². The van der Waals surface area contributed by atoms with E-state index in [0.29, 0.717) is 0 Å². The van der Waals surface area contributed by atoms with Crippen LogP contribution in [0, 0.1) is 34.6 Å². The fourth-order valence-corrected chi connectivity index (χ4v) is 2.92. The zero-order valence-corrected chi connectivity index (χ0v) is 13.8. The molecule has 5 nitrogen and oxygen atoms in total. The summed E-state index contributed by atoms with van der Waals surface area (Å²) in [5, 5.41) is 8.95. The third-order valence-corrected chi connectivity index (χ3v) is 4.47. The number of nitriles is 1. The first-order valence-electron chi connectivity index (χ1n) is 7.09. The van der Waals surface area contributed by atoms with Crippen LogP contribution in [0.4, 0.5) is 17.6 Å². The van der Waals surface area contributed by atoms with E-state index in [0.717, 1.165) is 18.2 Å². The third kappa shape index (κ3) is 3.18. The van der Waals surface area contributed by atoms with Crippen LogP contribution in [0.25, 0.3) is 10.8 Å². The molecule has 0 atom stereocenters. The van der Waals surface area contributed by atoms with Crippen molar-refractivity contribution in [1.82, 2.24) is 0 Å². The second-order valence-corrected chi connectivity index (χ2v) is 6.71. The second-order valence-electron chi connectivity index (χ2n) is 5.29. The Balaban J connectivity index is 2.29. The summed E-state index contributed by atoms with van der Waals surface area (Å²) >= 11 is 0. The van der Waals surface area contributed by atoms with E-state index in [1.807, 2.05) is 0 Å². The van der Waals surface area contributed by atoms with Crippen LogP contribution < -0.4 is 4.74 Å². The van der Waals surface area contributed by atoms with Crippen molar-refractivity contribution in [3.63, 3.8) is 0 Å². The first-order chi connectivity index (χ1) is 12.6. The van der Waals surface area contributed by atoms with Crippen molar-refractivity contribution in [2.75, 3.05) is 0 Å². The molecule has 3 rings (SSSR count). The van der Waals surface area contributed by atoms with Crippen molar-refractivity contribution in [2.45, 2.75) is 4.90 Å². The minimum atomic E-state index is -4.72. The molecule has 0 aliphatic heterocycles. The highest BCUT2D eigenvalue weighted by Gasteiger charge is 2.28. The van der Waals surface area contributed by atoms with E-state index >= 15 is 0 Å². The van der Waals surface area contributed by atoms with Crippen molar-refractivity contribution >= 4 is 20.9 Å². The average molecular weight is 397 g/mol. The Morgan fingerprint density at radius 3 is 2.11 bits per heavy atom. The molecule has 3 aromatic rings. The molecule has 0 radical (unpaired) electrons. The van der Waals surface area contributed by atoms with Gasteiger partial charge in [0.1, 0.15) is 17.4 Å². The van der Waals surface area contributed by atoms with Gasteiger partial charge >= 0.3 is 0 Å². The lowest BCUT2D eigenvalue weighted by molar-refractivity contribution is 0.366. The number of rotatable bonds is 3. The predicted molar refractivity (Wildman–Crippen MR) is 84.8 cm³/mol. The van der Waals surface area contributed by atoms with Crippen molar-refractivity contribution in [2.24, 2.45) is 0 Å². The van der Waals surface area contributed by atoms with Crippen molar-refractivity contribution in [3.8, 4) is 17.6 Å². The summed E-state index contributed by atoms with van der Waals surface area (Å²) in [7, 11) is -4.72. The van der Waals surface area contributed by atoms with E-state index in [9.17, 15) is 30.5 Å². The number of benzene rings is 3. The number of fused-ring (bicyclic) bond motifs is 1. The standard InChI is InChI=1S/C17H7F4NO4S/c18-13-11(7-22)14(19)16(21)17(15(13)20)26-12-6-9(27(23,24)25)5-8-3-1-2-4-10(8)12/h1-6H,(H,23,24,25). The molecule has 1 N–H and O–H groups in total. The first-order valence-corrected chi connectivity index (χ1v) is 8.53. The molecule has 0 saturated heterocycles. The molecule has 0 heterocycles. The number of hydrogen-bond donors (Lipinski definition) is 1. The molecule has 0 bridgehead atoms. The van der Waals surface area contributed by atoms with E-state index in [4.69, 9.17) is 10.00 Å². The van der Waals surface area contributed by atoms with Gasteiger partial charge < -0.3 is 4.74 Å². The van der Waals surface area contributed by atoms with Gasteiger partial charge in [0.25, 0.3) is 10.1 Å². The van der Waals surface area contributed by atoms with Gasteiger partial charge in [0, 0.05) is 11.5 Å². The third-order valence-electron chi connectivity index (χ3n) is 3.64. The van der Waals surface area contributed by atoms with Gasteiger partial charge in [-0.1, -0.05) is 24.3 Å². The molecular weight excluding hydrogens is 390 g/mol. The van der Waals surface area contributed by atoms with Crippen LogP contribution >= 0.6 is 0 Å². The maximum Gasteiger partial charge on any atom is 0.294 e. The summed E-state index contributed by atoms with van der Waals surface area (Å²) in [5.74, 6) is -9.83. The SMILES string of the molecule is N#Cc1c(F)c(F)c(Oc2cc(S(=O)(=O)O)cc3ccccc23)c(F)c1F. The van der Waals surface area contributed by atoms with Crippen LogP contribution in [-0.4, -0.2) is 13.0 Å². The molecule has 0 saturated carbocycles. The van der Waals surface area contributed by atoms with Gasteiger partial charge in [-0.25, -0.2) is 8.78 Å². The summed E-state index contributed by atoms with van der Waals surface area (Å²) in [6.07, 6.45) is 0. The molecule has 0 aliphatic rings. The van der Waals surface area contributed by atoms with Crippen LogP contribution in [0.15, 0.2) is 41.3 Å². The normalized spacial score (nSPS) is 11.4. The fraction of sp³-hybridized carbons (Fsp3) is 0. The Hall–Kier alpha value is -3.16. The van der Waals surface area contributed by atoms with Gasteiger partial charge in [0.05, 0.1) is 4.90 Å². The van der Waals surface area contributed by atoms with E-state index in [2.05, 4.69) is 0 Å². The van der Waals surface area contributed by atoms with Crippen LogP contribution in [0.3, 0.4) is 0 Å². The lowest BCUT2D eigenvalue weighted by Crippen LogP contribution is -2.05. The molecule has 138 valence electrons. The Bertz CT molecular complexity index is 1210. The molecule has 27 heavy (non-hydrogen) atoms.